The van der Waals surface area contributed by atoms with Gasteiger partial charge in [-0.05, 0) is 19.4 Å². The minimum Gasteiger partial charge on any atom is -0.383 e. The van der Waals surface area contributed by atoms with Crippen molar-refractivity contribution >= 4 is 5.91 Å². The molecule has 0 aliphatic rings. The summed E-state index contributed by atoms with van der Waals surface area (Å²) < 4.78 is 5.08. The fourth-order valence-corrected chi connectivity index (χ4v) is 1.95. The van der Waals surface area contributed by atoms with Crippen molar-refractivity contribution < 1.29 is 9.53 Å². The highest BCUT2D eigenvalue weighted by molar-refractivity contribution is 5.76. The molecule has 0 bridgehead atoms. The summed E-state index contributed by atoms with van der Waals surface area (Å²) in [5.74, 6) is 0.233. The predicted octanol–water partition coefficient (Wildman–Crippen LogP) is 1.65. The van der Waals surface area contributed by atoms with Crippen molar-refractivity contribution in [3.8, 4) is 0 Å². The average Bonchev–Trinajstić information content (AvgIpc) is 2.34. The molecule has 0 aromatic rings. The third-order valence-corrected chi connectivity index (χ3v) is 3.01. The van der Waals surface area contributed by atoms with Crippen LogP contribution in [-0.2, 0) is 9.53 Å². The summed E-state index contributed by atoms with van der Waals surface area (Å²) in [4.78, 5) is 14.1. The molecule has 0 fully saturated rings. The van der Waals surface area contributed by atoms with Crippen LogP contribution in [-0.4, -0.2) is 50.2 Å². The molecule has 4 heteroatoms. The molecule has 0 saturated carbocycles. The van der Waals surface area contributed by atoms with Crippen LogP contribution in [0.5, 0.6) is 0 Å². The summed E-state index contributed by atoms with van der Waals surface area (Å²) in [6.07, 6.45) is 2.59. The summed E-state index contributed by atoms with van der Waals surface area (Å²) in [5, 5.41) is 3.19. The Bertz CT molecular complexity index is 194. The first-order valence-electron chi connectivity index (χ1n) is 6.70. The highest BCUT2D eigenvalue weighted by Gasteiger charge is 2.19. The van der Waals surface area contributed by atoms with E-state index in [1.165, 1.54) is 0 Å². The van der Waals surface area contributed by atoms with Crippen LogP contribution in [0.2, 0.25) is 0 Å². The molecule has 102 valence electrons. The Morgan fingerprint density at radius 1 is 1.29 bits per heavy atom. The zero-order chi connectivity index (χ0) is 13.1. The van der Waals surface area contributed by atoms with Crippen LogP contribution in [0, 0.1) is 0 Å². The standard InChI is InChI=1S/C13H28N2O2/c1-5-12(6-2)15(10-11-17-4)13(16)8-9-14-7-3/h12,14H,5-11H2,1-4H3. The first-order valence-corrected chi connectivity index (χ1v) is 6.70. The van der Waals surface area contributed by atoms with E-state index in [9.17, 15) is 4.79 Å². The maximum Gasteiger partial charge on any atom is 0.224 e. The van der Waals surface area contributed by atoms with Gasteiger partial charge in [-0.15, -0.1) is 0 Å². The Hall–Kier alpha value is -0.610. The molecule has 17 heavy (non-hydrogen) atoms. The lowest BCUT2D eigenvalue weighted by Crippen LogP contribution is -2.42. The van der Waals surface area contributed by atoms with Crippen LogP contribution in [0.15, 0.2) is 0 Å². The van der Waals surface area contributed by atoms with E-state index in [0.717, 1.165) is 25.9 Å². The lowest BCUT2D eigenvalue weighted by Gasteiger charge is -2.30. The second-order valence-electron chi connectivity index (χ2n) is 4.15. The molecular formula is C13H28N2O2. The molecule has 0 saturated heterocycles. The Kier molecular flexibility index (Phi) is 10.2. The number of carbonyl (C=O) groups excluding carboxylic acids is 1. The molecule has 0 rings (SSSR count). The highest BCUT2D eigenvalue weighted by Crippen LogP contribution is 2.10. The maximum atomic E-state index is 12.1. The van der Waals surface area contributed by atoms with Gasteiger partial charge in [0.05, 0.1) is 6.61 Å². The number of hydrogen-bond donors (Lipinski definition) is 1. The Labute approximate surface area is 106 Å². The zero-order valence-electron chi connectivity index (χ0n) is 11.8. The summed E-state index contributed by atoms with van der Waals surface area (Å²) in [6, 6.07) is 0.347. The third-order valence-electron chi connectivity index (χ3n) is 3.01. The molecule has 0 aliphatic heterocycles. The number of methoxy groups -OCH3 is 1. The van der Waals surface area contributed by atoms with Crippen molar-refractivity contribution in [3.63, 3.8) is 0 Å². The number of amides is 1. The minimum absolute atomic E-state index is 0.233. The van der Waals surface area contributed by atoms with Crippen molar-refractivity contribution in [1.82, 2.24) is 10.2 Å². The largest absolute Gasteiger partial charge is 0.383 e. The molecule has 0 radical (unpaired) electrons. The van der Waals surface area contributed by atoms with Gasteiger partial charge in [0.2, 0.25) is 5.91 Å². The molecule has 1 N–H and O–H groups in total. The smallest absolute Gasteiger partial charge is 0.224 e. The van der Waals surface area contributed by atoms with Crippen molar-refractivity contribution in [2.75, 3.05) is 33.4 Å². The topological polar surface area (TPSA) is 41.6 Å². The second kappa shape index (κ2) is 10.5. The van der Waals surface area contributed by atoms with E-state index in [1.807, 2.05) is 11.8 Å². The maximum absolute atomic E-state index is 12.1. The molecule has 0 aromatic heterocycles. The van der Waals surface area contributed by atoms with E-state index in [4.69, 9.17) is 4.74 Å². The monoisotopic (exact) mass is 244 g/mol. The molecule has 0 aliphatic carbocycles. The van der Waals surface area contributed by atoms with Crippen LogP contribution in [0.25, 0.3) is 0 Å². The quantitative estimate of drug-likeness (QED) is 0.594. The predicted molar refractivity (Wildman–Crippen MR) is 71.1 cm³/mol. The molecule has 0 atom stereocenters. The molecule has 4 nitrogen and oxygen atoms in total. The van der Waals surface area contributed by atoms with Gasteiger partial charge < -0.3 is 15.0 Å². The summed E-state index contributed by atoms with van der Waals surface area (Å²) in [6.45, 7) is 9.30. The molecule has 0 aromatic carbocycles. The number of nitrogens with zero attached hydrogens (tertiary/aromatic N) is 1. The van der Waals surface area contributed by atoms with Gasteiger partial charge >= 0.3 is 0 Å². The Balaban J connectivity index is 4.27. The van der Waals surface area contributed by atoms with Crippen LogP contribution in [0.3, 0.4) is 0 Å². The number of ether oxygens (including phenoxy) is 1. The van der Waals surface area contributed by atoms with Crippen LogP contribution in [0.1, 0.15) is 40.0 Å². The van der Waals surface area contributed by atoms with E-state index >= 15 is 0 Å². The van der Waals surface area contributed by atoms with Crippen molar-refractivity contribution in [2.24, 2.45) is 0 Å². The van der Waals surface area contributed by atoms with Gasteiger partial charge in [0.15, 0.2) is 0 Å². The molecule has 0 unspecified atom stereocenters. The zero-order valence-corrected chi connectivity index (χ0v) is 11.8. The van der Waals surface area contributed by atoms with Gasteiger partial charge in [0, 0.05) is 32.7 Å². The van der Waals surface area contributed by atoms with Crippen molar-refractivity contribution in [3.05, 3.63) is 0 Å². The van der Waals surface area contributed by atoms with Crippen LogP contribution >= 0.6 is 0 Å². The first-order chi connectivity index (χ1) is 8.21. The lowest BCUT2D eigenvalue weighted by atomic mass is 10.1. The van der Waals surface area contributed by atoms with Gasteiger partial charge in [-0.2, -0.15) is 0 Å². The third kappa shape index (κ3) is 6.64. The van der Waals surface area contributed by atoms with Crippen LogP contribution in [0.4, 0.5) is 0 Å². The number of rotatable bonds is 10. The lowest BCUT2D eigenvalue weighted by molar-refractivity contribution is -0.134. The minimum atomic E-state index is 0.233. The van der Waals surface area contributed by atoms with Crippen molar-refractivity contribution in [2.45, 2.75) is 46.1 Å². The van der Waals surface area contributed by atoms with E-state index < -0.39 is 0 Å². The van der Waals surface area contributed by atoms with Crippen LogP contribution < -0.4 is 5.32 Å². The summed E-state index contributed by atoms with van der Waals surface area (Å²) >= 11 is 0. The Morgan fingerprint density at radius 3 is 2.41 bits per heavy atom. The van der Waals surface area contributed by atoms with Gasteiger partial charge in [-0.25, -0.2) is 0 Å². The normalized spacial score (nSPS) is 10.9. The molecule has 0 spiro atoms. The summed E-state index contributed by atoms with van der Waals surface area (Å²) in [5.41, 5.74) is 0. The molecular weight excluding hydrogens is 216 g/mol. The van der Waals surface area contributed by atoms with E-state index in [1.54, 1.807) is 7.11 Å². The number of carbonyl (C=O) groups is 1. The van der Waals surface area contributed by atoms with Gasteiger partial charge in [-0.1, -0.05) is 20.8 Å². The highest BCUT2D eigenvalue weighted by atomic mass is 16.5. The van der Waals surface area contributed by atoms with E-state index in [-0.39, 0.29) is 5.91 Å². The fourth-order valence-electron chi connectivity index (χ4n) is 1.95. The van der Waals surface area contributed by atoms with E-state index in [0.29, 0.717) is 25.6 Å². The first kappa shape index (κ1) is 16.4. The summed E-state index contributed by atoms with van der Waals surface area (Å²) in [7, 11) is 1.67. The number of hydrogen-bond acceptors (Lipinski definition) is 3. The van der Waals surface area contributed by atoms with Gasteiger partial charge in [-0.3, -0.25) is 4.79 Å². The molecule has 0 heterocycles. The van der Waals surface area contributed by atoms with Crippen molar-refractivity contribution in [1.29, 1.82) is 0 Å². The fraction of sp³-hybridized carbons (Fsp3) is 0.923. The Morgan fingerprint density at radius 2 is 1.94 bits per heavy atom. The number of nitrogens with one attached hydrogen (secondary N) is 1. The molecule has 1 amide bonds. The SMILES string of the molecule is CCNCCC(=O)N(CCOC)C(CC)CC. The van der Waals surface area contributed by atoms with Gasteiger partial charge in [0.25, 0.3) is 0 Å². The average molecular weight is 244 g/mol. The van der Waals surface area contributed by atoms with E-state index in [2.05, 4.69) is 19.2 Å². The second-order valence-corrected chi connectivity index (χ2v) is 4.15. The van der Waals surface area contributed by atoms with Gasteiger partial charge in [0.1, 0.15) is 0 Å².